The maximum Gasteiger partial charge on any atom is 0.276 e. The summed E-state index contributed by atoms with van der Waals surface area (Å²) in [4.78, 5) is 2.51. The number of furan rings is 1. The second-order valence-electron chi connectivity index (χ2n) is 5.71. The van der Waals surface area contributed by atoms with E-state index < -0.39 is 10.0 Å². The van der Waals surface area contributed by atoms with Gasteiger partial charge in [0.25, 0.3) is 10.0 Å². The van der Waals surface area contributed by atoms with Crippen LogP contribution < -0.4 is 4.83 Å². The van der Waals surface area contributed by atoms with E-state index in [4.69, 9.17) is 4.42 Å². The normalized spacial score (nSPS) is 12.5. The Morgan fingerprint density at radius 1 is 1.08 bits per heavy atom. The molecule has 3 rings (SSSR count). The summed E-state index contributed by atoms with van der Waals surface area (Å²) in [6.07, 6.45) is 0. The lowest BCUT2D eigenvalue weighted by molar-refractivity contribution is 0.582. The Hall–Kier alpha value is -2.60. The number of hydrazone groups is 1. The number of hydrogen-bond donors (Lipinski definition) is 1. The summed E-state index contributed by atoms with van der Waals surface area (Å²) in [5, 5.41) is 4.94. The first kappa shape index (κ1) is 16.3. The zero-order valence-electron chi connectivity index (χ0n) is 13.7. The maximum atomic E-state index is 12.5. The molecule has 0 saturated heterocycles. The zero-order valence-corrected chi connectivity index (χ0v) is 14.5. The van der Waals surface area contributed by atoms with Gasteiger partial charge in [-0.05, 0) is 50.1 Å². The molecule has 1 heterocycles. The SMILES string of the molecule is C/C(=N\NS(=O)(=O)c1cc(C)ccc1C)c1cc2ccccc2o1. The first-order chi connectivity index (χ1) is 11.4. The minimum Gasteiger partial charge on any atom is -0.455 e. The van der Waals surface area contributed by atoms with Gasteiger partial charge in [0, 0.05) is 5.39 Å². The fraction of sp³-hybridized carbons (Fsp3) is 0.167. The van der Waals surface area contributed by atoms with E-state index in [0.717, 1.165) is 16.5 Å². The second kappa shape index (κ2) is 6.13. The van der Waals surface area contributed by atoms with Crippen LogP contribution in [0.2, 0.25) is 0 Å². The number of para-hydroxylation sites is 1. The van der Waals surface area contributed by atoms with Crippen LogP contribution in [0.25, 0.3) is 11.0 Å². The molecule has 0 saturated carbocycles. The monoisotopic (exact) mass is 342 g/mol. The average Bonchev–Trinajstić information content (AvgIpc) is 2.99. The van der Waals surface area contributed by atoms with Crippen molar-refractivity contribution in [2.24, 2.45) is 5.10 Å². The molecule has 124 valence electrons. The molecule has 24 heavy (non-hydrogen) atoms. The second-order valence-corrected chi connectivity index (χ2v) is 7.34. The van der Waals surface area contributed by atoms with Crippen molar-refractivity contribution < 1.29 is 12.8 Å². The number of hydrogen-bond acceptors (Lipinski definition) is 4. The summed E-state index contributed by atoms with van der Waals surface area (Å²) in [6.45, 7) is 5.30. The molecule has 2 aromatic carbocycles. The number of rotatable bonds is 4. The van der Waals surface area contributed by atoms with Crippen molar-refractivity contribution in [1.29, 1.82) is 0 Å². The standard InChI is InChI=1S/C18H18N2O3S/c1-12-8-9-13(2)18(10-12)24(21,22)20-19-14(3)17-11-15-6-4-5-7-16(15)23-17/h4-11,20H,1-3H3/b19-14+. The van der Waals surface area contributed by atoms with Crippen molar-refractivity contribution in [1.82, 2.24) is 4.83 Å². The van der Waals surface area contributed by atoms with Crippen LogP contribution in [0.15, 0.2) is 62.9 Å². The van der Waals surface area contributed by atoms with Gasteiger partial charge in [0.05, 0.1) is 4.90 Å². The Bertz CT molecular complexity index is 1000. The smallest absolute Gasteiger partial charge is 0.276 e. The molecular formula is C18H18N2O3S. The minimum atomic E-state index is -3.73. The summed E-state index contributed by atoms with van der Waals surface area (Å²) < 4.78 is 30.6. The third-order valence-electron chi connectivity index (χ3n) is 3.75. The van der Waals surface area contributed by atoms with E-state index in [2.05, 4.69) is 9.93 Å². The Kier molecular flexibility index (Phi) is 4.15. The number of benzene rings is 2. The molecule has 0 amide bonds. The van der Waals surface area contributed by atoms with E-state index in [1.165, 1.54) is 0 Å². The first-order valence-electron chi connectivity index (χ1n) is 7.49. The third-order valence-corrected chi connectivity index (χ3v) is 5.10. The van der Waals surface area contributed by atoms with Crippen molar-refractivity contribution in [3.8, 4) is 0 Å². The molecule has 0 atom stereocenters. The summed E-state index contributed by atoms with van der Waals surface area (Å²) in [5.74, 6) is 0.528. The zero-order chi connectivity index (χ0) is 17.3. The highest BCUT2D eigenvalue weighted by Gasteiger charge is 2.16. The van der Waals surface area contributed by atoms with E-state index in [9.17, 15) is 8.42 Å². The molecule has 0 unspecified atom stereocenters. The van der Waals surface area contributed by atoms with Crippen molar-refractivity contribution >= 4 is 26.7 Å². The molecule has 0 aliphatic carbocycles. The lowest BCUT2D eigenvalue weighted by Crippen LogP contribution is -2.21. The third kappa shape index (κ3) is 3.19. The molecule has 1 aromatic heterocycles. The summed E-state index contributed by atoms with van der Waals surface area (Å²) >= 11 is 0. The molecule has 0 aliphatic heterocycles. The lowest BCUT2D eigenvalue weighted by Gasteiger charge is -2.08. The van der Waals surface area contributed by atoms with Crippen molar-refractivity contribution in [2.75, 3.05) is 0 Å². The molecule has 0 spiro atoms. The molecule has 0 radical (unpaired) electrons. The highest BCUT2D eigenvalue weighted by atomic mass is 32.2. The lowest BCUT2D eigenvalue weighted by atomic mass is 10.2. The predicted octanol–water partition coefficient (Wildman–Crippen LogP) is 3.75. The molecule has 0 aliphatic rings. The van der Waals surface area contributed by atoms with Gasteiger partial charge in [0.1, 0.15) is 11.3 Å². The molecule has 3 aromatic rings. The number of nitrogens with one attached hydrogen (secondary N) is 1. The van der Waals surface area contributed by atoms with Gasteiger partial charge in [0.15, 0.2) is 5.76 Å². The Morgan fingerprint density at radius 3 is 2.58 bits per heavy atom. The fourth-order valence-corrected chi connectivity index (χ4v) is 3.58. The topological polar surface area (TPSA) is 71.7 Å². The van der Waals surface area contributed by atoms with Crippen LogP contribution in [0.3, 0.4) is 0 Å². The summed E-state index contributed by atoms with van der Waals surface area (Å²) in [5.41, 5.74) is 2.74. The minimum absolute atomic E-state index is 0.226. The predicted molar refractivity (Wildman–Crippen MR) is 94.7 cm³/mol. The largest absolute Gasteiger partial charge is 0.455 e. The van der Waals surface area contributed by atoms with Crippen LogP contribution in [0, 0.1) is 13.8 Å². The number of sulfonamides is 1. The van der Waals surface area contributed by atoms with Crippen LogP contribution in [0.1, 0.15) is 23.8 Å². The van der Waals surface area contributed by atoms with Gasteiger partial charge in [-0.25, -0.2) is 0 Å². The molecule has 0 bridgehead atoms. The Morgan fingerprint density at radius 2 is 1.83 bits per heavy atom. The van der Waals surface area contributed by atoms with Gasteiger partial charge in [-0.2, -0.15) is 18.4 Å². The first-order valence-corrected chi connectivity index (χ1v) is 8.97. The van der Waals surface area contributed by atoms with Gasteiger partial charge in [-0.1, -0.05) is 30.3 Å². The molecule has 0 fully saturated rings. The molecular weight excluding hydrogens is 324 g/mol. The highest BCUT2D eigenvalue weighted by Crippen LogP contribution is 2.20. The van der Waals surface area contributed by atoms with Crippen LogP contribution in [-0.2, 0) is 10.0 Å². The fourth-order valence-electron chi connectivity index (χ4n) is 2.39. The van der Waals surface area contributed by atoms with E-state index >= 15 is 0 Å². The molecule has 1 N–H and O–H groups in total. The number of nitrogens with zero attached hydrogens (tertiary/aromatic N) is 1. The quantitative estimate of drug-likeness (QED) is 0.580. The number of aryl methyl sites for hydroxylation is 2. The van der Waals surface area contributed by atoms with Crippen molar-refractivity contribution in [2.45, 2.75) is 25.7 Å². The van der Waals surface area contributed by atoms with Gasteiger partial charge >= 0.3 is 0 Å². The Balaban J connectivity index is 1.89. The van der Waals surface area contributed by atoms with Crippen molar-refractivity contribution in [3.63, 3.8) is 0 Å². The molecule has 6 heteroatoms. The van der Waals surface area contributed by atoms with Gasteiger partial charge < -0.3 is 4.42 Å². The van der Waals surface area contributed by atoms with Crippen LogP contribution >= 0.6 is 0 Å². The van der Waals surface area contributed by atoms with E-state index in [1.54, 1.807) is 26.0 Å². The summed E-state index contributed by atoms with van der Waals surface area (Å²) in [7, 11) is -3.73. The van der Waals surface area contributed by atoms with E-state index in [1.807, 2.05) is 43.3 Å². The van der Waals surface area contributed by atoms with E-state index in [-0.39, 0.29) is 4.90 Å². The summed E-state index contributed by atoms with van der Waals surface area (Å²) in [6, 6.07) is 14.7. The van der Waals surface area contributed by atoms with Crippen LogP contribution in [0.5, 0.6) is 0 Å². The molecule has 5 nitrogen and oxygen atoms in total. The average molecular weight is 342 g/mol. The van der Waals surface area contributed by atoms with Crippen molar-refractivity contribution in [3.05, 3.63) is 65.4 Å². The van der Waals surface area contributed by atoms with Crippen LogP contribution in [-0.4, -0.2) is 14.1 Å². The Labute approximate surface area is 141 Å². The van der Waals surface area contributed by atoms with E-state index in [0.29, 0.717) is 17.0 Å². The maximum absolute atomic E-state index is 12.5. The highest BCUT2D eigenvalue weighted by molar-refractivity contribution is 7.89. The van der Waals surface area contributed by atoms with Gasteiger partial charge in [-0.15, -0.1) is 0 Å². The number of fused-ring (bicyclic) bond motifs is 1. The van der Waals surface area contributed by atoms with Gasteiger partial charge in [-0.3, -0.25) is 0 Å². The van der Waals surface area contributed by atoms with Crippen LogP contribution in [0.4, 0.5) is 0 Å². The van der Waals surface area contributed by atoms with Gasteiger partial charge in [0.2, 0.25) is 0 Å².